The van der Waals surface area contributed by atoms with Gasteiger partial charge in [-0.25, -0.2) is 0 Å². The van der Waals surface area contributed by atoms with Gasteiger partial charge in [-0.1, -0.05) is 54.1 Å². The zero-order valence-electron chi connectivity index (χ0n) is 11.5. The van der Waals surface area contributed by atoms with Crippen LogP contribution in [0.25, 0.3) is 4.91 Å². The molecular formula is C17H12ClNO2S. The highest BCUT2D eigenvalue weighted by Gasteiger charge is 2.30. The molecule has 0 radical (unpaired) electrons. The zero-order valence-corrected chi connectivity index (χ0v) is 13.1. The highest BCUT2D eigenvalue weighted by Crippen LogP contribution is 2.47. The monoisotopic (exact) mass is 329 g/mol. The second kappa shape index (κ2) is 6.38. The molecule has 0 aromatic heterocycles. The molecule has 0 N–H and O–H groups in total. The molecule has 0 saturated heterocycles. The number of nitrogens with zero attached hydrogens (tertiary/aromatic N) is 1. The minimum absolute atomic E-state index is 0.203. The standard InChI is InChI=1S/C17H12ClNO2S/c18-14-8-6-12(7-9-14)16-11-10-15(19(20)21)17(22-16)13-4-2-1-3-5-13/h1-11,17H/t17-/m1/s1. The van der Waals surface area contributed by atoms with E-state index in [0.717, 1.165) is 16.0 Å². The first-order chi connectivity index (χ1) is 10.6. The molecule has 3 rings (SSSR count). The molecular weight excluding hydrogens is 318 g/mol. The third-order valence-electron chi connectivity index (χ3n) is 3.36. The van der Waals surface area contributed by atoms with Gasteiger partial charge in [0.1, 0.15) is 5.25 Å². The van der Waals surface area contributed by atoms with E-state index in [4.69, 9.17) is 11.6 Å². The number of halogens is 1. The number of rotatable bonds is 3. The normalized spacial score (nSPS) is 17.6. The molecule has 0 fully saturated rings. The molecule has 1 atom stereocenters. The minimum atomic E-state index is -0.313. The second-order valence-electron chi connectivity index (χ2n) is 4.80. The summed E-state index contributed by atoms with van der Waals surface area (Å²) in [5.41, 5.74) is 2.14. The fraction of sp³-hybridized carbons (Fsp3) is 0.0588. The molecule has 1 aliphatic rings. The third-order valence-corrected chi connectivity index (χ3v) is 4.99. The van der Waals surface area contributed by atoms with Crippen LogP contribution >= 0.6 is 23.4 Å². The van der Waals surface area contributed by atoms with E-state index in [1.807, 2.05) is 54.6 Å². The predicted molar refractivity (Wildman–Crippen MR) is 91.3 cm³/mol. The summed E-state index contributed by atoms with van der Waals surface area (Å²) in [6.07, 6.45) is 3.39. The fourth-order valence-corrected chi connectivity index (χ4v) is 3.65. The average molecular weight is 330 g/mol. The van der Waals surface area contributed by atoms with Crippen molar-refractivity contribution in [3.63, 3.8) is 0 Å². The molecule has 0 aliphatic carbocycles. The second-order valence-corrected chi connectivity index (χ2v) is 6.38. The summed E-state index contributed by atoms with van der Waals surface area (Å²) in [5.74, 6) is 0. The van der Waals surface area contributed by atoms with Crippen LogP contribution in [0.2, 0.25) is 5.02 Å². The van der Waals surface area contributed by atoms with Crippen LogP contribution in [-0.2, 0) is 0 Å². The Morgan fingerprint density at radius 2 is 1.68 bits per heavy atom. The van der Waals surface area contributed by atoms with Gasteiger partial charge >= 0.3 is 0 Å². The van der Waals surface area contributed by atoms with Gasteiger partial charge in [0.2, 0.25) is 0 Å². The maximum absolute atomic E-state index is 11.3. The van der Waals surface area contributed by atoms with Crippen LogP contribution in [0.1, 0.15) is 16.4 Å². The summed E-state index contributed by atoms with van der Waals surface area (Å²) in [6, 6.07) is 17.0. The van der Waals surface area contributed by atoms with Gasteiger partial charge in [-0.15, -0.1) is 11.8 Å². The average Bonchev–Trinajstić information content (AvgIpc) is 2.56. The van der Waals surface area contributed by atoms with Crippen molar-refractivity contribution in [3.05, 3.63) is 98.7 Å². The Morgan fingerprint density at radius 1 is 1.00 bits per heavy atom. The van der Waals surface area contributed by atoms with Crippen molar-refractivity contribution in [2.45, 2.75) is 5.25 Å². The van der Waals surface area contributed by atoms with E-state index in [-0.39, 0.29) is 15.9 Å². The Balaban J connectivity index is 1.99. The molecule has 2 aromatic carbocycles. The lowest BCUT2D eigenvalue weighted by molar-refractivity contribution is -0.427. The summed E-state index contributed by atoms with van der Waals surface area (Å²) in [6.45, 7) is 0. The lowest BCUT2D eigenvalue weighted by Crippen LogP contribution is -2.10. The van der Waals surface area contributed by atoms with Crippen LogP contribution in [0.3, 0.4) is 0 Å². The van der Waals surface area contributed by atoms with E-state index in [2.05, 4.69) is 0 Å². The van der Waals surface area contributed by atoms with Gasteiger partial charge in [-0.3, -0.25) is 10.1 Å². The Bertz CT molecular complexity index is 754. The van der Waals surface area contributed by atoms with Gasteiger partial charge in [0.25, 0.3) is 5.70 Å². The number of hydrogen-bond donors (Lipinski definition) is 0. The topological polar surface area (TPSA) is 43.1 Å². The number of nitro groups is 1. The fourth-order valence-electron chi connectivity index (χ4n) is 2.28. The Hall–Kier alpha value is -2.04. The van der Waals surface area contributed by atoms with Gasteiger partial charge in [0.05, 0.1) is 4.92 Å². The maximum Gasteiger partial charge on any atom is 0.263 e. The first-order valence-corrected chi connectivity index (χ1v) is 7.95. The van der Waals surface area contributed by atoms with Gasteiger partial charge in [0.15, 0.2) is 0 Å². The van der Waals surface area contributed by atoms with Crippen molar-refractivity contribution >= 4 is 28.3 Å². The Kier molecular flexibility index (Phi) is 4.32. The molecule has 2 aromatic rings. The van der Waals surface area contributed by atoms with Gasteiger partial charge in [-0.2, -0.15) is 0 Å². The highest BCUT2D eigenvalue weighted by atomic mass is 35.5. The van der Waals surface area contributed by atoms with Crippen LogP contribution in [0, 0.1) is 10.1 Å². The molecule has 5 heteroatoms. The quantitative estimate of drug-likeness (QED) is 0.564. The van der Waals surface area contributed by atoms with Crippen LogP contribution in [0.15, 0.2) is 72.4 Å². The first-order valence-electron chi connectivity index (χ1n) is 6.69. The van der Waals surface area contributed by atoms with Crippen molar-refractivity contribution in [2.24, 2.45) is 0 Å². The van der Waals surface area contributed by atoms with E-state index in [1.54, 1.807) is 12.2 Å². The maximum atomic E-state index is 11.3. The smallest absolute Gasteiger partial charge is 0.259 e. The van der Waals surface area contributed by atoms with E-state index in [9.17, 15) is 10.1 Å². The van der Waals surface area contributed by atoms with Crippen LogP contribution in [0.5, 0.6) is 0 Å². The van der Waals surface area contributed by atoms with Gasteiger partial charge < -0.3 is 0 Å². The first kappa shape index (κ1) is 14.9. The Labute approximate surface area is 137 Å². The summed E-state index contributed by atoms with van der Waals surface area (Å²) in [4.78, 5) is 12.0. The van der Waals surface area contributed by atoms with Crippen LogP contribution < -0.4 is 0 Å². The van der Waals surface area contributed by atoms with E-state index >= 15 is 0 Å². The van der Waals surface area contributed by atoms with Crippen molar-refractivity contribution in [1.29, 1.82) is 0 Å². The lowest BCUT2D eigenvalue weighted by atomic mass is 10.1. The largest absolute Gasteiger partial charge is 0.263 e. The van der Waals surface area contributed by atoms with Crippen molar-refractivity contribution in [2.75, 3.05) is 0 Å². The molecule has 0 amide bonds. The van der Waals surface area contributed by atoms with Gasteiger partial charge in [-0.05, 0) is 29.3 Å². The van der Waals surface area contributed by atoms with Crippen LogP contribution in [-0.4, -0.2) is 4.92 Å². The van der Waals surface area contributed by atoms with E-state index in [0.29, 0.717) is 5.02 Å². The summed E-state index contributed by atoms with van der Waals surface area (Å²) in [7, 11) is 0. The molecule has 0 unspecified atom stereocenters. The Morgan fingerprint density at radius 3 is 2.32 bits per heavy atom. The minimum Gasteiger partial charge on any atom is -0.259 e. The van der Waals surface area contributed by atoms with Crippen molar-refractivity contribution in [1.82, 2.24) is 0 Å². The molecule has 1 heterocycles. The summed E-state index contributed by atoms with van der Waals surface area (Å²) < 4.78 is 0. The molecule has 0 saturated carbocycles. The van der Waals surface area contributed by atoms with Crippen molar-refractivity contribution in [3.8, 4) is 0 Å². The number of thioether (sulfide) groups is 1. The summed E-state index contributed by atoms with van der Waals surface area (Å²) >= 11 is 7.40. The SMILES string of the molecule is O=[N+]([O-])C1=CC=C(c2ccc(Cl)cc2)S[C@@H]1c1ccccc1. The third kappa shape index (κ3) is 3.08. The van der Waals surface area contributed by atoms with Crippen molar-refractivity contribution < 1.29 is 4.92 Å². The van der Waals surface area contributed by atoms with E-state index in [1.165, 1.54) is 11.8 Å². The number of hydrogen-bond acceptors (Lipinski definition) is 3. The molecule has 3 nitrogen and oxygen atoms in total. The summed E-state index contributed by atoms with van der Waals surface area (Å²) in [5, 5.41) is 11.7. The number of benzene rings is 2. The molecule has 1 aliphatic heterocycles. The van der Waals surface area contributed by atoms with Crippen LogP contribution in [0.4, 0.5) is 0 Å². The number of allylic oxidation sites excluding steroid dienone is 2. The molecule has 0 spiro atoms. The predicted octanol–water partition coefficient (Wildman–Crippen LogP) is 5.33. The van der Waals surface area contributed by atoms with E-state index < -0.39 is 0 Å². The molecule has 0 bridgehead atoms. The van der Waals surface area contributed by atoms with Gasteiger partial charge in [0, 0.05) is 16.0 Å². The molecule has 110 valence electrons. The zero-order chi connectivity index (χ0) is 15.5. The molecule has 22 heavy (non-hydrogen) atoms. The highest BCUT2D eigenvalue weighted by molar-refractivity contribution is 8.08. The lowest BCUT2D eigenvalue weighted by Gasteiger charge is -2.20.